The molecule has 0 aromatic heterocycles. The van der Waals surface area contributed by atoms with Crippen LogP contribution >= 0.6 is 0 Å². The summed E-state index contributed by atoms with van der Waals surface area (Å²) < 4.78 is 5.24. The molecule has 1 amide bonds. The molecule has 27 heavy (non-hydrogen) atoms. The molecular weight excluding hydrogens is 338 g/mol. The van der Waals surface area contributed by atoms with Crippen LogP contribution in [-0.2, 0) is 21.4 Å². The molecule has 0 bridgehead atoms. The summed E-state index contributed by atoms with van der Waals surface area (Å²) in [4.78, 5) is 27.0. The van der Waals surface area contributed by atoms with E-state index < -0.39 is 0 Å². The molecule has 0 aliphatic carbocycles. The van der Waals surface area contributed by atoms with Crippen LogP contribution in [0.4, 0.5) is 0 Å². The maximum Gasteiger partial charge on any atom is 0.325 e. The van der Waals surface area contributed by atoms with Crippen molar-refractivity contribution in [3.05, 3.63) is 34.9 Å². The lowest BCUT2D eigenvalue weighted by Crippen LogP contribution is -2.41. The van der Waals surface area contributed by atoms with Crippen molar-refractivity contribution >= 4 is 11.9 Å². The standard InChI is InChI=1S/C23H37NO3/c1-15(2)10-18-11-19(13-20(12-18)23(7,8)9)22(26)24(16(3)4)14-21(25)27-17(5)6/h11-13,15-17H,10,14H2,1-9H3. The zero-order valence-corrected chi connectivity index (χ0v) is 18.6. The predicted molar refractivity (Wildman–Crippen MR) is 111 cm³/mol. The van der Waals surface area contributed by atoms with Crippen LogP contribution in [0.1, 0.15) is 83.8 Å². The third-order valence-corrected chi connectivity index (χ3v) is 4.30. The van der Waals surface area contributed by atoms with Crippen LogP contribution in [0.2, 0.25) is 0 Å². The number of carbonyl (C=O) groups is 2. The van der Waals surface area contributed by atoms with Crippen molar-refractivity contribution in [3.8, 4) is 0 Å². The fourth-order valence-corrected chi connectivity index (χ4v) is 2.93. The monoisotopic (exact) mass is 375 g/mol. The minimum absolute atomic E-state index is 0.0338. The molecular formula is C23H37NO3. The van der Waals surface area contributed by atoms with E-state index in [1.54, 1.807) is 4.90 Å². The SMILES string of the molecule is CC(C)Cc1cc(C(=O)N(CC(=O)OC(C)C)C(C)C)cc(C(C)(C)C)c1. The number of nitrogens with zero attached hydrogens (tertiary/aromatic N) is 1. The van der Waals surface area contributed by atoms with Crippen molar-refractivity contribution in [1.29, 1.82) is 0 Å². The maximum absolute atomic E-state index is 13.2. The van der Waals surface area contributed by atoms with E-state index in [2.05, 4.69) is 40.7 Å². The van der Waals surface area contributed by atoms with Gasteiger partial charge in [0, 0.05) is 11.6 Å². The number of carbonyl (C=O) groups excluding carboxylic acids is 2. The van der Waals surface area contributed by atoms with Gasteiger partial charge in [-0.25, -0.2) is 0 Å². The van der Waals surface area contributed by atoms with Gasteiger partial charge in [-0.1, -0.05) is 40.7 Å². The first-order valence-electron chi connectivity index (χ1n) is 9.96. The van der Waals surface area contributed by atoms with E-state index in [1.165, 1.54) is 0 Å². The van der Waals surface area contributed by atoms with Crippen molar-refractivity contribution in [1.82, 2.24) is 4.90 Å². The third kappa shape index (κ3) is 7.36. The molecule has 0 aliphatic rings. The van der Waals surface area contributed by atoms with Gasteiger partial charge in [0.2, 0.25) is 0 Å². The first-order chi connectivity index (χ1) is 12.3. The van der Waals surface area contributed by atoms with Gasteiger partial charge in [-0.2, -0.15) is 0 Å². The molecule has 4 nitrogen and oxygen atoms in total. The molecule has 0 spiro atoms. The molecule has 0 aliphatic heterocycles. The van der Waals surface area contributed by atoms with Crippen LogP contribution in [0.25, 0.3) is 0 Å². The summed E-state index contributed by atoms with van der Waals surface area (Å²) in [7, 11) is 0. The summed E-state index contributed by atoms with van der Waals surface area (Å²) in [5, 5.41) is 0. The minimum Gasteiger partial charge on any atom is -0.462 e. The molecule has 152 valence electrons. The lowest BCUT2D eigenvalue weighted by molar-refractivity contribution is -0.148. The van der Waals surface area contributed by atoms with Crippen molar-refractivity contribution in [2.24, 2.45) is 5.92 Å². The van der Waals surface area contributed by atoms with Gasteiger partial charge in [0.25, 0.3) is 5.91 Å². The van der Waals surface area contributed by atoms with Gasteiger partial charge >= 0.3 is 5.97 Å². The van der Waals surface area contributed by atoms with Crippen molar-refractivity contribution in [2.75, 3.05) is 6.54 Å². The second-order valence-corrected chi connectivity index (χ2v) is 9.33. The Morgan fingerprint density at radius 1 is 1.00 bits per heavy atom. The van der Waals surface area contributed by atoms with E-state index in [9.17, 15) is 9.59 Å². The van der Waals surface area contributed by atoms with E-state index in [-0.39, 0.29) is 36.0 Å². The van der Waals surface area contributed by atoms with Gasteiger partial charge < -0.3 is 9.64 Å². The highest BCUT2D eigenvalue weighted by atomic mass is 16.5. The van der Waals surface area contributed by atoms with Crippen LogP contribution in [0.5, 0.6) is 0 Å². The van der Waals surface area contributed by atoms with E-state index >= 15 is 0 Å². The fraction of sp³-hybridized carbons (Fsp3) is 0.652. The van der Waals surface area contributed by atoms with Gasteiger partial charge in [-0.05, 0) is 68.7 Å². The Bertz CT molecular complexity index is 654. The Morgan fingerprint density at radius 3 is 2.04 bits per heavy atom. The lowest BCUT2D eigenvalue weighted by atomic mass is 9.84. The largest absolute Gasteiger partial charge is 0.462 e. The zero-order chi connectivity index (χ0) is 20.9. The molecule has 1 aromatic rings. The number of ether oxygens (including phenoxy) is 1. The van der Waals surface area contributed by atoms with E-state index in [4.69, 9.17) is 4.74 Å². The van der Waals surface area contributed by atoms with E-state index in [1.807, 2.05) is 39.8 Å². The van der Waals surface area contributed by atoms with E-state index in [0.717, 1.165) is 17.5 Å². The van der Waals surface area contributed by atoms with Gasteiger partial charge in [0.15, 0.2) is 0 Å². The molecule has 4 heteroatoms. The number of esters is 1. The second-order valence-electron chi connectivity index (χ2n) is 9.33. The lowest BCUT2D eigenvalue weighted by Gasteiger charge is -2.28. The smallest absolute Gasteiger partial charge is 0.325 e. The molecule has 0 saturated carbocycles. The van der Waals surface area contributed by atoms with Crippen LogP contribution < -0.4 is 0 Å². The molecule has 0 heterocycles. The maximum atomic E-state index is 13.2. The van der Waals surface area contributed by atoms with E-state index in [0.29, 0.717) is 11.5 Å². The molecule has 1 rings (SSSR count). The molecule has 0 saturated heterocycles. The molecule has 0 unspecified atom stereocenters. The van der Waals surface area contributed by atoms with Gasteiger partial charge in [-0.3, -0.25) is 9.59 Å². The van der Waals surface area contributed by atoms with Crippen molar-refractivity contribution in [3.63, 3.8) is 0 Å². The molecule has 1 aromatic carbocycles. The third-order valence-electron chi connectivity index (χ3n) is 4.30. The van der Waals surface area contributed by atoms with Crippen LogP contribution in [0.15, 0.2) is 18.2 Å². The van der Waals surface area contributed by atoms with Crippen LogP contribution in [0, 0.1) is 5.92 Å². The summed E-state index contributed by atoms with van der Waals surface area (Å²) in [6, 6.07) is 6.04. The van der Waals surface area contributed by atoms with Gasteiger partial charge in [0.1, 0.15) is 6.54 Å². The zero-order valence-electron chi connectivity index (χ0n) is 18.6. The Balaban J connectivity index is 3.25. The predicted octanol–water partition coefficient (Wildman–Crippen LogP) is 4.98. The summed E-state index contributed by atoms with van der Waals surface area (Å²) in [6.45, 7) is 18.2. The molecule has 0 N–H and O–H groups in total. The van der Waals surface area contributed by atoms with Crippen molar-refractivity contribution in [2.45, 2.75) is 86.3 Å². The summed E-state index contributed by atoms with van der Waals surface area (Å²) in [6.07, 6.45) is 0.727. The summed E-state index contributed by atoms with van der Waals surface area (Å²) >= 11 is 0. The quantitative estimate of drug-likeness (QED) is 0.631. The normalized spacial score (nSPS) is 12.0. The number of benzene rings is 1. The average molecular weight is 376 g/mol. The number of hydrogen-bond acceptors (Lipinski definition) is 3. The summed E-state index contributed by atoms with van der Waals surface area (Å²) in [5.74, 6) is 0.00799. The topological polar surface area (TPSA) is 46.6 Å². The highest BCUT2D eigenvalue weighted by Gasteiger charge is 2.25. The number of rotatable bonds is 7. The molecule has 0 radical (unpaired) electrons. The van der Waals surface area contributed by atoms with Crippen LogP contribution in [0.3, 0.4) is 0 Å². The Morgan fingerprint density at radius 2 is 1.59 bits per heavy atom. The van der Waals surface area contributed by atoms with Gasteiger partial charge in [0.05, 0.1) is 6.10 Å². The number of amides is 1. The van der Waals surface area contributed by atoms with Crippen molar-refractivity contribution < 1.29 is 14.3 Å². The number of hydrogen-bond donors (Lipinski definition) is 0. The molecule has 0 fully saturated rings. The first-order valence-corrected chi connectivity index (χ1v) is 9.96. The Hall–Kier alpha value is -1.84. The molecule has 0 atom stereocenters. The Kier molecular flexibility index (Phi) is 8.06. The second kappa shape index (κ2) is 9.38. The summed E-state index contributed by atoms with van der Waals surface area (Å²) in [5.41, 5.74) is 2.89. The minimum atomic E-state index is -0.374. The Labute approximate surface area is 165 Å². The highest BCUT2D eigenvalue weighted by Crippen LogP contribution is 2.26. The van der Waals surface area contributed by atoms with Crippen LogP contribution in [-0.4, -0.2) is 35.5 Å². The average Bonchev–Trinajstić information content (AvgIpc) is 2.49. The van der Waals surface area contributed by atoms with Gasteiger partial charge in [-0.15, -0.1) is 0 Å². The first kappa shape index (κ1) is 23.2. The highest BCUT2D eigenvalue weighted by molar-refractivity contribution is 5.96. The fourth-order valence-electron chi connectivity index (χ4n) is 2.93.